The molecule has 2 aromatic rings. The Morgan fingerprint density at radius 3 is 2.60 bits per heavy atom. The molecular formula is C20H27N3O2. The highest BCUT2D eigenvalue weighted by atomic mass is 16.3. The molecule has 25 heavy (non-hydrogen) atoms. The predicted molar refractivity (Wildman–Crippen MR) is 97.6 cm³/mol. The van der Waals surface area contributed by atoms with E-state index < -0.39 is 0 Å². The van der Waals surface area contributed by atoms with Crippen LogP contribution in [0.2, 0.25) is 0 Å². The molecule has 0 aliphatic carbocycles. The van der Waals surface area contributed by atoms with Crippen molar-refractivity contribution in [3.63, 3.8) is 0 Å². The van der Waals surface area contributed by atoms with Gasteiger partial charge in [0.2, 0.25) is 0 Å². The standard InChI is InChI=1S/C20H27N3O2/c1-14-11-15(2)23(21-14)13-17-5-4-6-19(12-17)20(25)22-9-7-18(8-10-22)16(3)24/h4-6,11-12,16,18,24H,7-10,13H2,1-3H3. The number of amides is 1. The number of piperidine rings is 1. The maximum absolute atomic E-state index is 12.8. The molecule has 1 aromatic heterocycles. The minimum absolute atomic E-state index is 0.0826. The van der Waals surface area contributed by atoms with Gasteiger partial charge >= 0.3 is 0 Å². The van der Waals surface area contributed by atoms with Gasteiger partial charge in [0.1, 0.15) is 0 Å². The van der Waals surface area contributed by atoms with E-state index in [0.717, 1.165) is 48.4 Å². The van der Waals surface area contributed by atoms with Crippen molar-refractivity contribution in [2.24, 2.45) is 5.92 Å². The van der Waals surface area contributed by atoms with Crippen LogP contribution in [-0.2, 0) is 6.54 Å². The Kier molecular flexibility index (Phi) is 5.23. The average molecular weight is 341 g/mol. The normalized spacial score (nSPS) is 16.9. The van der Waals surface area contributed by atoms with Gasteiger partial charge in [-0.05, 0) is 63.3 Å². The quantitative estimate of drug-likeness (QED) is 0.930. The van der Waals surface area contributed by atoms with E-state index in [9.17, 15) is 9.90 Å². The molecule has 2 heterocycles. The third-order valence-corrected chi connectivity index (χ3v) is 5.12. The highest BCUT2D eigenvalue weighted by molar-refractivity contribution is 5.94. The van der Waals surface area contributed by atoms with Gasteiger partial charge in [-0.1, -0.05) is 12.1 Å². The van der Waals surface area contributed by atoms with E-state index in [4.69, 9.17) is 0 Å². The minimum Gasteiger partial charge on any atom is -0.393 e. The molecule has 1 fully saturated rings. The number of aliphatic hydroxyl groups is 1. The molecule has 1 aliphatic heterocycles. The van der Waals surface area contributed by atoms with Gasteiger partial charge in [0.25, 0.3) is 5.91 Å². The van der Waals surface area contributed by atoms with Crippen LogP contribution in [-0.4, -0.2) is 44.9 Å². The van der Waals surface area contributed by atoms with Crippen molar-refractivity contribution in [2.45, 2.75) is 46.3 Å². The highest BCUT2D eigenvalue weighted by Crippen LogP contribution is 2.22. The lowest BCUT2D eigenvalue weighted by Gasteiger charge is -2.33. The fourth-order valence-electron chi connectivity index (χ4n) is 3.58. The predicted octanol–water partition coefficient (Wildman–Crippen LogP) is 2.78. The smallest absolute Gasteiger partial charge is 0.253 e. The largest absolute Gasteiger partial charge is 0.393 e. The Morgan fingerprint density at radius 1 is 1.28 bits per heavy atom. The molecule has 0 radical (unpaired) electrons. The summed E-state index contributed by atoms with van der Waals surface area (Å²) in [6, 6.07) is 9.89. The maximum Gasteiger partial charge on any atom is 0.253 e. The van der Waals surface area contributed by atoms with Crippen LogP contribution in [0.1, 0.15) is 47.1 Å². The van der Waals surface area contributed by atoms with Crippen molar-refractivity contribution >= 4 is 5.91 Å². The molecule has 1 aliphatic rings. The van der Waals surface area contributed by atoms with E-state index in [0.29, 0.717) is 12.5 Å². The zero-order chi connectivity index (χ0) is 18.0. The van der Waals surface area contributed by atoms with Gasteiger partial charge < -0.3 is 10.0 Å². The lowest BCUT2D eigenvalue weighted by molar-refractivity contribution is 0.0521. The summed E-state index contributed by atoms with van der Waals surface area (Å²) in [5.41, 5.74) is 3.94. The first kappa shape index (κ1) is 17.7. The zero-order valence-electron chi connectivity index (χ0n) is 15.3. The Morgan fingerprint density at radius 2 is 2.00 bits per heavy atom. The number of aliphatic hydroxyl groups excluding tert-OH is 1. The molecule has 5 nitrogen and oxygen atoms in total. The molecule has 1 saturated heterocycles. The molecule has 1 atom stereocenters. The second kappa shape index (κ2) is 7.40. The molecule has 5 heteroatoms. The van der Waals surface area contributed by atoms with Crippen LogP contribution in [0.5, 0.6) is 0 Å². The van der Waals surface area contributed by atoms with E-state index in [1.807, 2.05) is 54.6 Å². The van der Waals surface area contributed by atoms with Crippen molar-refractivity contribution < 1.29 is 9.90 Å². The number of rotatable bonds is 4. The zero-order valence-corrected chi connectivity index (χ0v) is 15.3. The molecule has 134 valence electrons. The second-order valence-electron chi connectivity index (χ2n) is 7.16. The fourth-order valence-corrected chi connectivity index (χ4v) is 3.58. The summed E-state index contributed by atoms with van der Waals surface area (Å²) in [4.78, 5) is 14.7. The van der Waals surface area contributed by atoms with Crippen LogP contribution in [0, 0.1) is 19.8 Å². The molecular weight excluding hydrogens is 314 g/mol. The van der Waals surface area contributed by atoms with Gasteiger partial charge in [-0.15, -0.1) is 0 Å². The van der Waals surface area contributed by atoms with Gasteiger partial charge in [0.05, 0.1) is 18.3 Å². The SMILES string of the molecule is Cc1cc(C)n(Cc2cccc(C(=O)N3CCC(C(C)O)CC3)c2)n1. The number of hydrogen-bond donors (Lipinski definition) is 1. The maximum atomic E-state index is 12.8. The summed E-state index contributed by atoms with van der Waals surface area (Å²) in [6.07, 6.45) is 1.45. The Labute approximate surface area is 149 Å². The first-order valence-electron chi connectivity index (χ1n) is 9.01. The number of hydrogen-bond acceptors (Lipinski definition) is 3. The third-order valence-electron chi connectivity index (χ3n) is 5.12. The molecule has 0 bridgehead atoms. The Balaban J connectivity index is 1.69. The van der Waals surface area contributed by atoms with Gasteiger partial charge in [0.15, 0.2) is 0 Å². The van der Waals surface area contributed by atoms with Crippen molar-refractivity contribution in [3.05, 3.63) is 52.8 Å². The van der Waals surface area contributed by atoms with Crippen LogP contribution >= 0.6 is 0 Å². The number of aromatic nitrogens is 2. The summed E-state index contributed by atoms with van der Waals surface area (Å²) >= 11 is 0. The molecule has 1 amide bonds. The summed E-state index contributed by atoms with van der Waals surface area (Å²) in [7, 11) is 0. The van der Waals surface area contributed by atoms with Crippen LogP contribution < -0.4 is 0 Å². The van der Waals surface area contributed by atoms with Crippen molar-refractivity contribution in [1.82, 2.24) is 14.7 Å². The third kappa shape index (κ3) is 4.10. The van der Waals surface area contributed by atoms with E-state index in [1.165, 1.54) is 0 Å². The molecule has 0 saturated carbocycles. The molecule has 3 rings (SSSR count). The number of aryl methyl sites for hydroxylation is 2. The second-order valence-corrected chi connectivity index (χ2v) is 7.16. The van der Waals surface area contributed by atoms with Gasteiger partial charge in [-0.3, -0.25) is 9.48 Å². The van der Waals surface area contributed by atoms with E-state index in [1.54, 1.807) is 0 Å². The summed E-state index contributed by atoms with van der Waals surface area (Å²) in [5.74, 6) is 0.390. The van der Waals surface area contributed by atoms with Crippen LogP contribution in [0.15, 0.2) is 30.3 Å². The average Bonchev–Trinajstić information content (AvgIpc) is 2.91. The number of benzene rings is 1. The van der Waals surface area contributed by atoms with Crippen LogP contribution in [0.3, 0.4) is 0 Å². The first-order valence-corrected chi connectivity index (χ1v) is 9.01. The van der Waals surface area contributed by atoms with Gasteiger partial charge in [-0.25, -0.2) is 0 Å². The Hall–Kier alpha value is -2.14. The molecule has 1 aromatic carbocycles. The number of likely N-dealkylation sites (tertiary alicyclic amines) is 1. The summed E-state index contributed by atoms with van der Waals surface area (Å²) < 4.78 is 1.97. The van der Waals surface area contributed by atoms with E-state index in [2.05, 4.69) is 11.2 Å². The highest BCUT2D eigenvalue weighted by Gasteiger charge is 2.26. The fraction of sp³-hybridized carbons (Fsp3) is 0.500. The van der Waals surface area contributed by atoms with Gasteiger partial charge in [0, 0.05) is 24.3 Å². The van der Waals surface area contributed by atoms with E-state index >= 15 is 0 Å². The van der Waals surface area contributed by atoms with Crippen molar-refractivity contribution in [1.29, 1.82) is 0 Å². The lowest BCUT2D eigenvalue weighted by atomic mass is 9.92. The first-order chi connectivity index (χ1) is 11.9. The van der Waals surface area contributed by atoms with Crippen molar-refractivity contribution in [3.8, 4) is 0 Å². The number of nitrogens with zero attached hydrogens (tertiary/aromatic N) is 3. The molecule has 1 N–H and O–H groups in total. The summed E-state index contributed by atoms with van der Waals surface area (Å²) in [5, 5.41) is 14.2. The topological polar surface area (TPSA) is 58.4 Å². The molecule has 1 unspecified atom stereocenters. The monoisotopic (exact) mass is 341 g/mol. The van der Waals surface area contributed by atoms with E-state index in [-0.39, 0.29) is 12.0 Å². The van der Waals surface area contributed by atoms with Crippen molar-refractivity contribution in [2.75, 3.05) is 13.1 Å². The summed E-state index contributed by atoms with van der Waals surface area (Å²) in [6.45, 7) is 7.98. The number of carbonyl (C=O) groups is 1. The minimum atomic E-state index is -0.290. The molecule has 0 spiro atoms. The van der Waals surface area contributed by atoms with Crippen LogP contribution in [0.25, 0.3) is 0 Å². The van der Waals surface area contributed by atoms with Crippen LogP contribution in [0.4, 0.5) is 0 Å². The van der Waals surface area contributed by atoms with Gasteiger partial charge in [-0.2, -0.15) is 5.10 Å². The number of carbonyl (C=O) groups excluding carboxylic acids is 1. The Bertz CT molecular complexity index is 743. The lowest BCUT2D eigenvalue weighted by Crippen LogP contribution is -2.40.